The Balaban J connectivity index is 1.51. The molecular formula is C30H53BO2. The fourth-order valence-electron chi connectivity index (χ4n) is 10.4. The van der Waals surface area contributed by atoms with Crippen molar-refractivity contribution >= 4 is 13.6 Å². The molecule has 0 radical (unpaired) electrons. The summed E-state index contributed by atoms with van der Waals surface area (Å²) in [5.74, 6) is 5.60. The van der Waals surface area contributed by atoms with E-state index in [2.05, 4.69) is 42.5 Å². The van der Waals surface area contributed by atoms with E-state index in [1.165, 1.54) is 57.8 Å². The number of hydrogen-bond acceptors (Lipinski definition) is 2. The summed E-state index contributed by atoms with van der Waals surface area (Å²) in [6.07, 6.45) is 14.7. The average Bonchev–Trinajstić information content (AvgIpc) is 3.07. The smallest absolute Gasteiger partial charge is 0.130 e. The highest BCUT2D eigenvalue weighted by Gasteiger charge is 2.65. The van der Waals surface area contributed by atoms with Crippen LogP contribution in [0.1, 0.15) is 119 Å². The monoisotopic (exact) mass is 456 g/mol. The molecule has 0 amide bonds. The van der Waals surface area contributed by atoms with Gasteiger partial charge in [-0.2, -0.15) is 0 Å². The summed E-state index contributed by atoms with van der Waals surface area (Å²) in [6.45, 7) is 14.2. The lowest BCUT2D eigenvalue weighted by atomic mass is 9.33. The molecule has 3 heteroatoms. The second kappa shape index (κ2) is 9.29. The predicted octanol–water partition coefficient (Wildman–Crippen LogP) is 6.85. The Morgan fingerprint density at radius 1 is 1.03 bits per heavy atom. The van der Waals surface area contributed by atoms with E-state index in [1.54, 1.807) is 6.92 Å². The molecule has 10 atom stereocenters. The minimum atomic E-state index is -0.205. The Morgan fingerprint density at radius 2 is 1.76 bits per heavy atom. The zero-order valence-electron chi connectivity index (χ0n) is 23.0. The lowest BCUT2D eigenvalue weighted by Crippen LogP contribution is -2.61. The number of aliphatic hydroxyl groups excluding tert-OH is 1. The van der Waals surface area contributed by atoms with Crippen molar-refractivity contribution in [3.63, 3.8) is 0 Å². The number of carbonyl (C=O) groups is 1. The van der Waals surface area contributed by atoms with Gasteiger partial charge in [0.1, 0.15) is 13.6 Å². The van der Waals surface area contributed by atoms with Crippen molar-refractivity contribution in [2.24, 2.45) is 52.3 Å². The van der Waals surface area contributed by atoms with Crippen LogP contribution in [0.3, 0.4) is 0 Å². The van der Waals surface area contributed by atoms with Gasteiger partial charge in [-0.1, -0.05) is 53.9 Å². The highest BCUT2D eigenvalue weighted by atomic mass is 16.3. The molecular weight excluding hydrogens is 403 g/mol. The van der Waals surface area contributed by atoms with Crippen molar-refractivity contribution < 1.29 is 9.90 Å². The number of rotatable bonds is 7. The molecule has 4 fully saturated rings. The van der Waals surface area contributed by atoms with Gasteiger partial charge in [-0.15, -0.1) is 0 Å². The topological polar surface area (TPSA) is 37.3 Å². The van der Waals surface area contributed by atoms with Crippen LogP contribution in [0.15, 0.2) is 0 Å². The van der Waals surface area contributed by atoms with E-state index in [1.807, 2.05) is 0 Å². The Labute approximate surface area is 205 Å². The minimum absolute atomic E-state index is 0.0254. The first kappa shape index (κ1) is 25.8. The van der Waals surface area contributed by atoms with Crippen LogP contribution < -0.4 is 0 Å². The molecule has 0 aromatic rings. The number of aliphatic hydroxyl groups is 1. The number of ketones is 1. The molecule has 0 aliphatic heterocycles. The highest BCUT2D eigenvalue weighted by molar-refractivity contribution is 6.16. The lowest BCUT2D eigenvalue weighted by molar-refractivity contribution is -0.158. The molecule has 0 aromatic carbocycles. The van der Waals surface area contributed by atoms with Gasteiger partial charge in [0.2, 0.25) is 0 Å². The Morgan fingerprint density at radius 3 is 2.42 bits per heavy atom. The second-order valence-corrected chi connectivity index (χ2v) is 14.5. The molecule has 0 aromatic heterocycles. The van der Waals surface area contributed by atoms with Crippen molar-refractivity contribution in [2.75, 3.05) is 0 Å². The molecule has 0 saturated heterocycles. The van der Waals surface area contributed by atoms with Gasteiger partial charge in [0, 0.05) is 6.42 Å². The van der Waals surface area contributed by atoms with Crippen LogP contribution in [0.25, 0.3) is 0 Å². The van der Waals surface area contributed by atoms with Crippen LogP contribution in [-0.4, -0.2) is 24.8 Å². The lowest BCUT2D eigenvalue weighted by Gasteiger charge is -2.67. The Kier molecular flexibility index (Phi) is 7.26. The third-order valence-electron chi connectivity index (χ3n) is 12.4. The number of carbonyl (C=O) groups excluding carboxylic acids is 1. The molecule has 4 rings (SSSR count). The summed E-state index contributed by atoms with van der Waals surface area (Å²) in [5, 5.41) is 11.7. The normalized spacial score (nSPS) is 48.1. The van der Waals surface area contributed by atoms with E-state index in [4.69, 9.17) is 0 Å². The fourth-order valence-corrected chi connectivity index (χ4v) is 10.4. The van der Waals surface area contributed by atoms with Crippen LogP contribution in [0, 0.1) is 52.3 Å². The van der Waals surface area contributed by atoms with E-state index < -0.39 is 0 Å². The van der Waals surface area contributed by atoms with Gasteiger partial charge in [0.05, 0.1) is 6.10 Å². The van der Waals surface area contributed by atoms with Crippen molar-refractivity contribution in [3.8, 4) is 0 Å². The molecule has 188 valence electrons. The predicted molar refractivity (Wildman–Crippen MR) is 141 cm³/mol. The molecule has 4 saturated carbocycles. The van der Waals surface area contributed by atoms with Gasteiger partial charge in [0.15, 0.2) is 0 Å². The maximum Gasteiger partial charge on any atom is 0.130 e. The van der Waals surface area contributed by atoms with E-state index in [9.17, 15) is 9.90 Å². The third-order valence-corrected chi connectivity index (χ3v) is 12.4. The standard InChI is InChI=1S/C30H53BO2/c1-19(2)8-7-9-20(3)24-10-11-25-23-17-27(33)30(31)18-22(16-21(4)32)12-15-29(30,6)26(23)13-14-28(24,25)5/h19-20,22-27,33H,7-18,31H2,1-6H3/t20-,22-,23+,24-,25+,26+,27-,28-,29?,30+/m1/s1. The number of hydrogen-bond donors (Lipinski definition) is 1. The van der Waals surface area contributed by atoms with Gasteiger partial charge in [-0.3, -0.25) is 0 Å². The summed E-state index contributed by atoms with van der Waals surface area (Å²) in [6, 6.07) is 0. The second-order valence-electron chi connectivity index (χ2n) is 14.5. The van der Waals surface area contributed by atoms with Gasteiger partial charge >= 0.3 is 0 Å². The molecule has 2 nitrogen and oxygen atoms in total. The maximum absolute atomic E-state index is 11.8. The zero-order chi connectivity index (χ0) is 24.2. The van der Waals surface area contributed by atoms with Crippen molar-refractivity contribution in [1.29, 1.82) is 0 Å². The fraction of sp³-hybridized carbons (Fsp3) is 0.967. The summed E-state index contributed by atoms with van der Waals surface area (Å²) in [4.78, 5) is 11.8. The van der Waals surface area contributed by atoms with Crippen LogP contribution in [0.2, 0.25) is 5.31 Å². The maximum atomic E-state index is 11.8. The van der Waals surface area contributed by atoms with E-state index in [0.29, 0.717) is 29.5 Å². The first-order valence-corrected chi connectivity index (χ1v) is 14.6. The SMILES string of the molecule is B[C@]12C[C@@H](CC(C)=O)CCC1(C)[C@H]1CC[C@]3(C)[C@@H]([C@H](C)CCCC(C)C)CC[C@H]3[C@@H]1C[C@H]2O. The molecule has 1 N–H and O–H groups in total. The summed E-state index contributed by atoms with van der Waals surface area (Å²) >= 11 is 0. The minimum Gasteiger partial charge on any atom is -0.393 e. The summed E-state index contributed by atoms with van der Waals surface area (Å²) in [7, 11) is 2.39. The van der Waals surface area contributed by atoms with Crippen LogP contribution in [-0.2, 0) is 4.79 Å². The van der Waals surface area contributed by atoms with Crippen LogP contribution in [0.4, 0.5) is 0 Å². The van der Waals surface area contributed by atoms with Crippen molar-refractivity contribution in [3.05, 3.63) is 0 Å². The Hall–Kier alpha value is -0.305. The van der Waals surface area contributed by atoms with E-state index in [0.717, 1.165) is 42.4 Å². The number of Topliss-reactive ketones (excluding diaryl/α,β-unsaturated/α-hetero) is 1. The van der Waals surface area contributed by atoms with Gasteiger partial charge in [-0.05, 0) is 116 Å². The quantitative estimate of drug-likeness (QED) is 0.426. The first-order valence-electron chi connectivity index (χ1n) is 14.6. The first-order chi connectivity index (χ1) is 15.4. The Bertz CT molecular complexity index is 720. The van der Waals surface area contributed by atoms with Crippen molar-refractivity contribution in [1.82, 2.24) is 0 Å². The third kappa shape index (κ3) is 4.29. The largest absolute Gasteiger partial charge is 0.393 e. The molecule has 4 aliphatic rings. The van der Waals surface area contributed by atoms with Crippen molar-refractivity contribution in [2.45, 2.75) is 130 Å². The molecule has 0 spiro atoms. The van der Waals surface area contributed by atoms with Crippen LogP contribution >= 0.6 is 0 Å². The van der Waals surface area contributed by atoms with Gasteiger partial charge in [-0.25, -0.2) is 0 Å². The molecule has 1 unspecified atom stereocenters. The zero-order valence-corrected chi connectivity index (χ0v) is 23.0. The molecule has 0 heterocycles. The average molecular weight is 457 g/mol. The van der Waals surface area contributed by atoms with E-state index in [-0.39, 0.29) is 16.8 Å². The highest BCUT2D eigenvalue weighted by Crippen LogP contribution is 2.73. The molecule has 0 bridgehead atoms. The molecule has 4 aliphatic carbocycles. The van der Waals surface area contributed by atoms with Crippen LogP contribution in [0.5, 0.6) is 0 Å². The van der Waals surface area contributed by atoms with E-state index >= 15 is 0 Å². The number of fused-ring (bicyclic) bond motifs is 5. The molecule has 33 heavy (non-hydrogen) atoms. The van der Waals surface area contributed by atoms with Gasteiger partial charge < -0.3 is 9.90 Å². The summed E-state index contributed by atoms with van der Waals surface area (Å²) in [5.41, 5.74) is 0.707. The van der Waals surface area contributed by atoms with Gasteiger partial charge in [0.25, 0.3) is 0 Å². The summed E-state index contributed by atoms with van der Waals surface area (Å²) < 4.78 is 0.